The first-order valence-corrected chi connectivity index (χ1v) is 9.09. The lowest BCUT2D eigenvalue weighted by Gasteiger charge is -2.41. The van der Waals surface area contributed by atoms with Gasteiger partial charge in [0.25, 0.3) is 5.91 Å². The highest BCUT2D eigenvalue weighted by molar-refractivity contribution is 5.86. The maximum atomic E-state index is 12.8. The number of nitrogens with one attached hydrogen (secondary N) is 1. The van der Waals surface area contributed by atoms with E-state index >= 15 is 0 Å². The number of carbonyl (C=O) groups excluding carboxylic acids is 1. The molecule has 0 aromatic heterocycles. The molecule has 1 atom stereocenters. The Morgan fingerprint density at radius 1 is 1.25 bits per heavy atom. The third kappa shape index (κ3) is 3.81. The van der Waals surface area contributed by atoms with E-state index in [0.717, 1.165) is 25.8 Å². The minimum atomic E-state index is -1.25. The highest BCUT2D eigenvalue weighted by Gasteiger charge is 2.43. The van der Waals surface area contributed by atoms with Crippen LogP contribution in [0.15, 0.2) is 24.3 Å². The standard InChI is InChI=1S/C20H30N2O2/c1-19(2,3)14-22-10-6-9-20(24,18(22)23)13-21-17-11-15-7-4-5-8-16(15)12-17/h4-5,7-8,17,21,24H,6,9-14H2,1-3H3. The van der Waals surface area contributed by atoms with Crippen LogP contribution in [-0.4, -0.2) is 47.2 Å². The normalized spacial score (nSPS) is 25.2. The van der Waals surface area contributed by atoms with Crippen molar-refractivity contribution in [2.24, 2.45) is 5.41 Å². The van der Waals surface area contributed by atoms with Crippen LogP contribution in [0.25, 0.3) is 0 Å². The Bertz CT molecular complexity index is 583. The van der Waals surface area contributed by atoms with Crippen molar-refractivity contribution in [3.8, 4) is 0 Å². The molecule has 0 saturated carbocycles. The highest BCUT2D eigenvalue weighted by atomic mass is 16.3. The summed E-state index contributed by atoms with van der Waals surface area (Å²) in [5.41, 5.74) is 1.56. The Morgan fingerprint density at radius 3 is 2.46 bits per heavy atom. The number of likely N-dealkylation sites (tertiary alicyclic amines) is 1. The van der Waals surface area contributed by atoms with Gasteiger partial charge < -0.3 is 15.3 Å². The molecule has 1 aliphatic heterocycles. The molecule has 1 aromatic rings. The van der Waals surface area contributed by atoms with Crippen LogP contribution in [0.3, 0.4) is 0 Å². The lowest BCUT2D eigenvalue weighted by molar-refractivity contribution is -0.158. The second kappa shape index (κ2) is 6.49. The summed E-state index contributed by atoms with van der Waals surface area (Å²) in [5, 5.41) is 14.4. The molecule has 1 aromatic carbocycles. The monoisotopic (exact) mass is 330 g/mol. The SMILES string of the molecule is CC(C)(C)CN1CCCC(O)(CNC2Cc3ccccc3C2)C1=O. The number of rotatable bonds is 4. The van der Waals surface area contributed by atoms with Crippen LogP contribution in [0.1, 0.15) is 44.7 Å². The predicted molar refractivity (Wildman–Crippen MR) is 95.9 cm³/mol. The van der Waals surface area contributed by atoms with E-state index in [0.29, 0.717) is 25.6 Å². The van der Waals surface area contributed by atoms with E-state index in [1.54, 1.807) is 0 Å². The predicted octanol–water partition coefficient (Wildman–Crippen LogP) is 2.14. The van der Waals surface area contributed by atoms with E-state index in [4.69, 9.17) is 0 Å². The molecule has 0 bridgehead atoms. The van der Waals surface area contributed by atoms with Gasteiger partial charge >= 0.3 is 0 Å². The summed E-state index contributed by atoms with van der Waals surface area (Å²) >= 11 is 0. The third-order valence-corrected chi connectivity index (χ3v) is 5.10. The zero-order chi connectivity index (χ0) is 17.4. The van der Waals surface area contributed by atoms with Gasteiger partial charge in [-0.1, -0.05) is 45.0 Å². The molecule has 132 valence electrons. The maximum Gasteiger partial charge on any atom is 0.255 e. The van der Waals surface area contributed by atoms with Crippen molar-refractivity contribution >= 4 is 5.91 Å². The van der Waals surface area contributed by atoms with Crippen LogP contribution >= 0.6 is 0 Å². The summed E-state index contributed by atoms with van der Waals surface area (Å²) < 4.78 is 0. The fourth-order valence-corrected chi connectivity index (χ4v) is 3.97. The van der Waals surface area contributed by atoms with Crippen molar-refractivity contribution in [1.82, 2.24) is 10.2 Å². The zero-order valence-corrected chi connectivity index (χ0v) is 15.1. The van der Waals surface area contributed by atoms with Crippen LogP contribution in [-0.2, 0) is 17.6 Å². The minimum Gasteiger partial charge on any atom is -0.379 e. The van der Waals surface area contributed by atoms with Crippen LogP contribution < -0.4 is 5.32 Å². The topological polar surface area (TPSA) is 52.6 Å². The average Bonchev–Trinajstić information content (AvgIpc) is 2.92. The number of hydrogen-bond acceptors (Lipinski definition) is 3. The molecule has 0 radical (unpaired) electrons. The number of nitrogens with zero attached hydrogens (tertiary/aromatic N) is 1. The van der Waals surface area contributed by atoms with Gasteiger partial charge in [-0.2, -0.15) is 0 Å². The summed E-state index contributed by atoms with van der Waals surface area (Å²) in [6, 6.07) is 8.80. The molecule has 1 heterocycles. The van der Waals surface area contributed by atoms with Gasteiger partial charge in [0.2, 0.25) is 0 Å². The van der Waals surface area contributed by atoms with Gasteiger partial charge in [0.15, 0.2) is 5.60 Å². The number of amides is 1. The summed E-state index contributed by atoms with van der Waals surface area (Å²) in [7, 11) is 0. The van der Waals surface area contributed by atoms with E-state index in [1.165, 1.54) is 11.1 Å². The molecule has 1 unspecified atom stereocenters. The summed E-state index contributed by atoms with van der Waals surface area (Å²) in [6.45, 7) is 8.19. The average molecular weight is 330 g/mol. The lowest BCUT2D eigenvalue weighted by atomic mass is 9.88. The first-order valence-electron chi connectivity index (χ1n) is 9.09. The first-order chi connectivity index (χ1) is 11.3. The van der Waals surface area contributed by atoms with Crippen LogP contribution in [0.2, 0.25) is 0 Å². The van der Waals surface area contributed by atoms with Gasteiger partial charge in [-0.05, 0) is 42.2 Å². The molecule has 1 saturated heterocycles. The van der Waals surface area contributed by atoms with Crippen LogP contribution in [0, 0.1) is 5.41 Å². The number of carbonyl (C=O) groups is 1. The molecule has 24 heavy (non-hydrogen) atoms. The van der Waals surface area contributed by atoms with Crippen molar-refractivity contribution in [2.75, 3.05) is 19.6 Å². The van der Waals surface area contributed by atoms with Crippen molar-refractivity contribution in [3.05, 3.63) is 35.4 Å². The molecule has 2 N–H and O–H groups in total. The molecule has 0 spiro atoms. The zero-order valence-electron chi connectivity index (χ0n) is 15.1. The Morgan fingerprint density at radius 2 is 1.88 bits per heavy atom. The van der Waals surface area contributed by atoms with Gasteiger partial charge in [0.05, 0.1) is 0 Å². The summed E-state index contributed by atoms with van der Waals surface area (Å²) in [5.74, 6) is -0.105. The molecular formula is C20H30N2O2. The van der Waals surface area contributed by atoms with E-state index in [1.807, 2.05) is 4.90 Å². The largest absolute Gasteiger partial charge is 0.379 e. The maximum absolute atomic E-state index is 12.8. The highest BCUT2D eigenvalue weighted by Crippen LogP contribution is 2.27. The van der Waals surface area contributed by atoms with Crippen LogP contribution in [0.5, 0.6) is 0 Å². The van der Waals surface area contributed by atoms with Crippen molar-refractivity contribution in [1.29, 1.82) is 0 Å². The number of benzene rings is 1. The smallest absolute Gasteiger partial charge is 0.255 e. The van der Waals surface area contributed by atoms with E-state index < -0.39 is 5.60 Å². The fraction of sp³-hybridized carbons (Fsp3) is 0.650. The van der Waals surface area contributed by atoms with Gasteiger partial charge in [0, 0.05) is 25.7 Å². The van der Waals surface area contributed by atoms with Crippen LogP contribution in [0.4, 0.5) is 0 Å². The first kappa shape index (κ1) is 17.4. The quantitative estimate of drug-likeness (QED) is 0.889. The fourth-order valence-electron chi connectivity index (χ4n) is 3.97. The van der Waals surface area contributed by atoms with Gasteiger partial charge in [0.1, 0.15) is 0 Å². The van der Waals surface area contributed by atoms with Gasteiger partial charge in [-0.25, -0.2) is 0 Å². The summed E-state index contributed by atoms with van der Waals surface area (Å²) in [6.07, 6.45) is 3.38. The molecule has 1 amide bonds. The number of aliphatic hydroxyl groups is 1. The Labute approximate surface area is 145 Å². The van der Waals surface area contributed by atoms with E-state index in [2.05, 4.69) is 50.4 Å². The second-order valence-corrected chi connectivity index (χ2v) is 8.68. The number of fused-ring (bicyclic) bond motifs is 1. The molecule has 4 heteroatoms. The van der Waals surface area contributed by atoms with Crippen molar-refractivity contribution < 1.29 is 9.90 Å². The van der Waals surface area contributed by atoms with Gasteiger partial charge in [-0.15, -0.1) is 0 Å². The molecule has 2 aliphatic rings. The minimum absolute atomic E-state index is 0.0500. The van der Waals surface area contributed by atoms with Crippen molar-refractivity contribution in [2.45, 2.75) is 58.1 Å². The van der Waals surface area contributed by atoms with E-state index in [9.17, 15) is 9.90 Å². The molecule has 1 aliphatic carbocycles. The Hall–Kier alpha value is -1.39. The second-order valence-electron chi connectivity index (χ2n) is 8.68. The summed E-state index contributed by atoms with van der Waals surface area (Å²) in [4.78, 5) is 14.6. The third-order valence-electron chi connectivity index (χ3n) is 5.10. The molecular weight excluding hydrogens is 300 g/mol. The van der Waals surface area contributed by atoms with E-state index in [-0.39, 0.29) is 11.3 Å². The Balaban J connectivity index is 1.59. The molecule has 3 rings (SSSR count). The van der Waals surface area contributed by atoms with Gasteiger partial charge in [-0.3, -0.25) is 4.79 Å². The Kier molecular flexibility index (Phi) is 4.71. The van der Waals surface area contributed by atoms with Crippen molar-refractivity contribution in [3.63, 3.8) is 0 Å². The number of hydrogen-bond donors (Lipinski definition) is 2. The lowest BCUT2D eigenvalue weighted by Crippen LogP contribution is -2.60. The number of piperidine rings is 1. The molecule has 4 nitrogen and oxygen atoms in total. The molecule has 1 fully saturated rings.